The molecule has 2 N–H and O–H groups in total. The van der Waals surface area contributed by atoms with Gasteiger partial charge in [0, 0.05) is 18.3 Å². The fourth-order valence-corrected chi connectivity index (χ4v) is 1.20. The Labute approximate surface area is 93.8 Å². The molecule has 0 bridgehead atoms. The fraction of sp³-hybridized carbons (Fsp3) is 0.167. The second-order valence-corrected chi connectivity index (χ2v) is 3.38. The van der Waals surface area contributed by atoms with Crippen LogP contribution in [0.15, 0.2) is 35.9 Å². The third-order valence-electron chi connectivity index (χ3n) is 1.93. The number of carboxylic acids is 1. The molecule has 0 heterocycles. The van der Waals surface area contributed by atoms with Gasteiger partial charge in [-0.05, 0) is 30.7 Å². The number of nitrogens with one attached hydrogen (secondary N) is 1. The van der Waals surface area contributed by atoms with Crippen LogP contribution in [0.3, 0.4) is 0 Å². The Morgan fingerprint density at radius 2 is 2.38 bits per heavy atom. The Balaban J connectivity index is 2.62. The standard InChI is InChI=1S/C12H12N2O2/c1-9(5-12(15)16)8-14-11-4-2-3-10(6-11)7-13/h2-6,14H,8H2,1H3,(H,15,16)/b9-5-. The van der Waals surface area contributed by atoms with E-state index in [-0.39, 0.29) is 0 Å². The summed E-state index contributed by atoms with van der Waals surface area (Å²) in [7, 11) is 0. The third-order valence-corrected chi connectivity index (χ3v) is 1.93. The lowest BCUT2D eigenvalue weighted by atomic mass is 10.2. The molecule has 0 amide bonds. The quantitative estimate of drug-likeness (QED) is 0.755. The second-order valence-electron chi connectivity index (χ2n) is 3.38. The maximum atomic E-state index is 10.4. The Hall–Kier alpha value is -2.28. The largest absolute Gasteiger partial charge is 0.478 e. The van der Waals surface area contributed by atoms with E-state index >= 15 is 0 Å². The van der Waals surface area contributed by atoms with Gasteiger partial charge in [0.05, 0.1) is 11.6 Å². The molecule has 0 aliphatic heterocycles. The monoisotopic (exact) mass is 216 g/mol. The van der Waals surface area contributed by atoms with Crippen LogP contribution in [0.5, 0.6) is 0 Å². The summed E-state index contributed by atoms with van der Waals surface area (Å²) in [6.07, 6.45) is 1.15. The van der Waals surface area contributed by atoms with Crippen molar-refractivity contribution in [1.29, 1.82) is 5.26 Å². The number of nitriles is 1. The fourth-order valence-electron chi connectivity index (χ4n) is 1.20. The van der Waals surface area contributed by atoms with Gasteiger partial charge in [0.2, 0.25) is 0 Å². The van der Waals surface area contributed by atoms with Crippen molar-refractivity contribution in [3.8, 4) is 6.07 Å². The summed E-state index contributed by atoms with van der Waals surface area (Å²) < 4.78 is 0. The minimum atomic E-state index is -0.954. The van der Waals surface area contributed by atoms with Crippen molar-refractivity contribution in [2.75, 3.05) is 11.9 Å². The molecule has 0 atom stereocenters. The van der Waals surface area contributed by atoms with Crippen LogP contribution < -0.4 is 5.32 Å². The molecule has 0 unspecified atom stereocenters. The topological polar surface area (TPSA) is 73.1 Å². The average molecular weight is 216 g/mol. The van der Waals surface area contributed by atoms with Crippen LogP contribution in [0.4, 0.5) is 5.69 Å². The number of aliphatic carboxylic acids is 1. The highest BCUT2D eigenvalue weighted by Crippen LogP contribution is 2.10. The first-order valence-electron chi connectivity index (χ1n) is 4.76. The van der Waals surface area contributed by atoms with Crippen molar-refractivity contribution < 1.29 is 9.90 Å². The van der Waals surface area contributed by atoms with Crippen molar-refractivity contribution in [3.05, 3.63) is 41.5 Å². The molecule has 0 aliphatic carbocycles. The molecule has 0 saturated heterocycles. The van der Waals surface area contributed by atoms with Crippen LogP contribution >= 0.6 is 0 Å². The van der Waals surface area contributed by atoms with Crippen molar-refractivity contribution >= 4 is 11.7 Å². The molecule has 0 radical (unpaired) electrons. The van der Waals surface area contributed by atoms with Crippen molar-refractivity contribution in [2.45, 2.75) is 6.92 Å². The molecule has 1 rings (SSSR count). The SMILES string of the molecule is C/C(=C/C(=O)O)CNc1cccc(C#N)c1. The molecule has 16 heavy (non-hydrogen) atoms. The number of nitrogens with zero attached hydrogens (tertiary/aromatic N) is 1. The van der Waals surface area contributed by atoms with Crippen molar-refractivity contribution in [3.63, 3.8) is 0 Å². The van der Waals surface area contributed by atoms with Crippen LogP contribution in [-0.4, -0.2) is 17.6 Å². The zero-order valence-electron chi connectivity index (χ0n) is 8.90. The van der Waals surface area contributed by atoms with Gasteiger partial charge in [-0.2, -0.15) is 5.26 Å². The maximum Gasteiger partial charge on any atom is 0.328 e. The molecular weight excluding hydrogens is 204 g/mol. The van der Waals surface area contributed by atoms with Crippen molar-refractivity contribution in [2.24, 2.45) is 0 Å². The van der Waals surface area contributed by atoms with E-state index in [1.54, 1.807) is 25.1 Å². The number of hydrogen-bond acceptors (Lipinski definition) is 3. The smallest absolute Gasteiger partial charge is 0.328 e. The molecular formula is C12H12N2O2. The molecule has 0 saturated carbocycles. The van der Waals surface area contributed by atoms with Gasteiger partial charge in [0.15, 0.2) is 0 Å². The lowest BCUT2D eigenvalue weighted by molar-refractivity contribution is -0.131. The van der Waals surface area contributed by atoms with E-state index in [0.717, 1.165) is 17.3 Å². The molecule has 1 aromatic carbocycles. The van der Waals surface area contributed by atoms with E-state index < -0.39 is 5.97 Å². The van der Waals surface area contributed by atoms with E-state index in [2.05, 4.69) is 5.32 Å². The van der Waals surface area contributed by atoms with E-state index in [1.165, 1.54) is 0 Å². The first-order chi connectivity index (χ1) is 7.61. The number of benzene rings is 1. The van der Waals surface area contributed by atoms with Gasteiger partial charge in [-0.1, -0.05) is 6.07 Å². The molecule has 0 aromatic heterocycles. The van der Waals surface area contributed by atoms with Crippen LogP contribution in [-0.2, 0) is 4.79 Å². The summed E-state index contributed by atoms with van der Waals surface area (Å²) in [6, 6.07) is 9.07. The van der Waals surface area contributed by atoms with Crippen LogP contribution in [0, 0.1) is 11.3 Å². The normalized spacial score (nSPS) is 10.6. The highest BCUT2D eigenvalue weighted by atomic mass is 16.4. The summed E-state index contributed by atoms with van der Waals surface area (Å²) in [6.45, 7) is 2.18. The Morgan fingerprint density at radius 3 is 3.00 bits per heavy atom. The van der Waals surface area contributed by atoms with Crippen LogP contribution in [0.2, 0.25) is 0 Å². The molecule has 4 nitrogen and oxygen atoms in total. The molecule has 4 heteroatoms. The molecule has 0 spiro atoms. The summed E-state index contributed by atoms with van der Waals surface area (Å²) in [5.41, 5.74) is 2.09. The van der Waals surface area contributed by atoms with Gasteiger partial charge in [-0.3, -0.25) is 0 Å². The first-order valence-corrected chi connectivity index (χ1v) is 4.76. The lowest BCUT2D eigenvalue weighted by Crippen LogP contribution is -2.04. The highest BCUT2D eigenvalue weighted by Gasteiger charge is 1.96. The first kappa shape index (κ1) is 11.8. The third kappa shape index (κ3) is 3.84. The molecule has 0 aliphatic rings. The summed E-state index contributed by atoms with van der Waals surface area (Å²) >= 11 is 0. The number of rotatable bonds is 4. The number of carboxylic acid groups (broad SMARTS) is 1. The van der Waals surface area contributed by atoms with E-state index in [9.17, 15) is 4.79 Å². The minimum Gasteiger partial charge on any atom is -0.478 e. The predicted molar refractivity (Wildman–Crippen MR) is 61.0 cm³/mol. The second kappa shape index (κ2) is 5.56. The zero-order chi connectivity index (χ0) is 12.0. The van der Waals surface area contributed by atoms with Crippen molar-refractivity contribution in [1.82, 2.24) is 0 Å². The Morgan fingerprint density at radius 1 is 1.62 bits per heavy atom. The number of hydrogen-bond donors (Lipinski definition) is 2. The van der Waals surface area contributed by atoms with Gasteiger partial charge >= 0.3 is 5.97 Å². The Kier molecular flexibility index (Phi) is 4.10. The number of carbonyl (C=O) groups is 1. The average Bonchev–Trinajstić information content (AvgIpc) is 2.26. The highest BCUT2D eigenvalue weighted by molar-refractivity contribution is 5.80. The van der Waals surface area contributed by atoms with E-state index in [1.807, 2.05) is 12.1 Å². The summed E-state index contributed by atoms with van der Waals surface area (Å²) in [5, 5.41) is 20.2. The molecule has 0 fully saturated rings. The van der Waals surface area contributed by atoms with E-state index in [4.69, 9.17) is 10.4 Å². The zero-order valence-corrected chi connectivity index (χ0v) is 8.90. The predicted octanol–water partition coefficient (Wildman–Crippen LogP) is 2.00. The Bertz CT molecular complexity index is 458. The lowest BCUT2D eigenvalue weighted by Gasteiger charge is -2.06. The van der Waals surface area contributed by atoms with Gasteiger partial charge in [-0.15, -0.1) is 0 Å². The van der Waals surface area contributed by atoms with E-state index in [0.29, 0.717) is 12.1 Å². The van der Waals surface area contributed by atoms with Crippen LogP contribution in [0.25, 0.3) is 0 Å². The number of anilines is 1. The molecule has 1 aromatic rings. The van der Waals surface area contributed by atoms with Gasteiger partial charge in [0.25, 0.3) is 0 Å². The van der Waals surface area contributed by atoms with Gasteiger partial charge in [0.1, 0.15) is 0 Å². The molecule has 82 valence electrons. The van der Waals surface area contributed by atoms with Gasteiger partial charge < -0.3 is 10.4 Å². The summed E-state index contributed by atoms with van der Waals surface area (Å²) in [5.74, 6) is -0.954. The maximum absolute atomic E-state index is 10.4. The minimum absolute atomic E-state index is 0.446. The summed E-state index contributed by atoms with van der Waals surface area (Å²) in [4.78, 5) is 10.4. The van der Waals surface area contributed by atoms with Crippen LogP contribution in [0.1, 0.15) is 12.5 Å². The van der Waals surface area contributed by atoms with Gasteiger partial charge in [-0.25, -0.2) is 4.79 Å².